The van der Waals surface area contributed by atoms with Gasteiger partial charge in [0.1, 0.15) is 0 Å². The SMILES string of the molecule is CC(C)(CC[C@@H]1CO1)[Si](C)(C)O[Si](C)(C)C(C)(C)CC[C@@H]1CO1. The number of hydrogen-bond donors (Lipinski definition) is 0. The Bertz CT molecular complexity index is 372. The van der Waals surface area contributed by atoms with E-state index in [-0.39, 0.29) is 0 Å². The molecule has 23 heavy (non-hydrogen) atoms. The summed E-state index contributed by atoms with van der Waals surface area (Å²) in [6.45, 7) is 21.3. The van der Waals surface area contributed by atoms with Crippen molar-refractivity contribution < 1.29 is 13.6 Å². The molecule has 2 atom stereocenters. The number of hydrogen-bond acceptors (Lipinski definition) is 3. The van der Waals surface area contributed by atoms with E-state index in [1.165, 1.54) is 25.7 Å². The second kappa shape index (κ2) is 6.56. The van der Waals surface area contributed by atoms with Gasteiger partial charge in [-0.15, -0.1) is 0 Å². The predicted molar refractivity (Wildman–Crippen MR) is 102 cm³/mol. The third-order valence-corrected chi connectivity index (χ3v) is 17.9. The fraction of sp³-hybridized carbons (Fsp3) is 1.00. The van der Waals surface area contributed by atoms with Gasteiger partial charge in [0.15, 0.2) is 16.6 Å². The largest absolute Gasteiger partial charge is 0.455 e. The smallest absolute Gasteiger partial charge is 0.179 e. The minimum atomic E-state index is -1.78. The van der Waals surface area contributed by atoms with Crippen LogP contribution in [0.1, 0.15) is 53.4 Å². The van der Waals surface area contributed by atoms with Gasteiger partial charge in [-0.1, -0.05) is 27.7 Å². The van der Waals surface area contributed by atoms with Gasteiger partial charge >= 0.3 is 0 Å². The molecule has 0 aliphatic carbocycles. The minimum Gasteiger partial charge on any atom is -0.455 e. The summed E-state index contributed by atoms with van der Waals surface area (Å²) < 4.78 is 17.9. The highest BCUT2D eigenvalue weighted by atomic mass is 28.4. The summed E-state index contributed by atoms with van der Waals surface area (Å²) in [5, 5.41) is 0.581. The van der Waals surface area contributed by atoms with Crippen molar-refractivity contribution in [2.75, 3.05) is 13.2 Å². The van der Waals surface area contributed by atoms with Crippen LogP contribution in [-0.2, 0) is 13.6 Å². The molecule has 2 heterocycles. The summed E-state index contributed by atoms with van der Waals surface area (Å²) >= 11 is 0. The van der Waals surface area contributed by atoms with Crippen LogP contribution in [0.4, 0.5) is 0 Å². The Balaban J connectivity index is 1.96. The molecule has 0 amide bonds. The average molecular weight is 359 g/mol. The first kappa shape index (κ1) is 19.6. The zero-order valence-electron chi connectivity index (χ0n) is 16.6. The summed E-state index contributed by atoms with van der Waals surface area (Å²) in [6.07, 6.45) is 5.88. The number of ether oxygens (including phenoxy) is 2. The Morgan fingerprint density at radius 2 is 1.09 bits per heavy atom. The van der Waals surface area contributed by atoms with Crippen LogP contribution in [-0.4, -0.2) is 42.1 Å². The molecule has 2 rings (SSSR count). The van der Waals surface area contributed by atoms with E-state index in [2.05, 4.69) is 53.9 Å². The molecule has 2 aliphatic heterocycles. The maximum atomic E-state index is 7.06. The predicted octanol–water partition coefficient (Wildman–Crippen LogP) is 5.33. The van der Waals surface area contributed by atoms with Crippen molar-refractivity contribution in [3.63, 3.8) is 0 Å². The van der Waals surface area contributed by atoms with Crippen LogP contribution in [0.25, 0.3) is 0 Å². The first-order valence-corrected chi connectivity index (χ1v) is 15.1. The second-order valence-corrected chi connectivity index (χ2v) is 19.4. The Labute approximate surface area is 145 Å². The zero-order valence-corrected chi connectivity index (χ0v) is 18.6. The van der Waals surface area contributed by atoms with Crippen molar-refractivity contribution >= 4 is 16.6 Å². The van der Waals surface area contributed by atoms with Crippen LogP contribution in [0.15, 0.2) is 0 Å². The fourth-order valence-corrected chi connectivity index (χ4v) is 11.8. The standard InChI is InChI=1S/C18H38O3Si2/c1-17(2,11-9-15-13-19-15)22(5,6)21-23(7,8)18(3,4)12-10-16-14-20-16/h15-16H,9-14H2,1-8H3/t15-,16-/m1/s1. The summed E-state index contributed by atoms with van der Waals surface area (Å²) in [7, 11) is -3.56. The van der Waals surface area contributed by atoms with Crippen LogP contribution in [0.2, 0.25) is 36.3 Å². The van der Waals surface area contributed by atoms with Crippen LogP contribution >= 0.6 is 0 Å². The molecule has 136 valence electrons. The normalized spacial score (nSPS) is 25.6. The highest BCUT2D eigenvalue weighted by Crippen LogP contribution is 2.50. The van der Waals surface area contributed by atoms with Crippen molar-refractivity contribution in [3.05, 3.63) is 0 Å². The lowest BCUT2D eigenvalue weighted by molar-refractivity contribution is 0.354. The number of rotatable bonds is 10. The Morgan fingerprint density at radius 3 is 1.35 bits per heavy atom. The Kier molecular flexibility index (Phi) is 5.60. The van der Waals surface area contributed by atoms with E-state index >= 15 is 0 Å². The van der Waals surface area contributed by atoms with Crippen molar-refractivity contribution in [3.8, 4) is 0 Å². The van der Waals surface area contributed by atoms with Gasteiger partial charge in [-0.25, -0.2) is 0 Å². The molecular weight excluding hydrogens is 320 g/mol. The van der Waals surface area contributed by atoms with Crippen LogP contribution < -0.4 is 0 Å². The Hall–Kier alpha value is 0.314. The van der Waals surface area contributed by atoms with Gasteiger partial charge in [0.05, 0.1) is 25.4 Å². The van der Waals surface area contributed by atoms with Crippen molar-refractivity contribution in [1.82, 2.24) is 0 Å². The van der Waals surface area contributed by atoms with E-state index < -0.39 is 16.6 Å². The summed E-state index contributed by atoms with van der Waals surface area (Å²) in [4.78, 5) is 0. The topological polar surface area (TPSA) is 34.3 Å². The lowest BCUT2D eigenvalue weighted by Crippen LogP contribution is -2.55. The molecule has 0 aromatic carbocycles. The van der Waals surface area contributed by atoms with Gasteiger partial charge in [-0.2, -0.15) is 0 Å². The minimum absolute atomic E-state index is 0.291. The van der Waals surface area contributed by atoms with Crippen molar-refractivity contribution in [2.24, 2.45) is 0 Å². The third-order valence-electron chi connectivity index (χ3n) is 6.76. The Morgan fingerprint density at radius 1 is 0.783 bits per heavy atom. The van der Waals surface area contributed by atoms with Gasteiger partial charge in [-0.3, -0.25) is 0 Å². The highest BCUT2D eigenvalue weighted by Gasteiger charge is 2.50. The summed E-state index contributed by atoms with van der Waals surface area (Å²) in [6, 6.07) is 0. The lowest BCUT2D eigenvalue weighted by Gasteiger charge is -2.49. The second-order valence-electron chi connectivity index (χ2n) is 9.88. The molecule has 0 unspecified atom stereocenters. The molecule has 3 nitrogen and oxygen atoms in total. The van der Waals surface area contributed by atoms with E-state index in [0.29, 0.717) is 22.3 Å². The van der Waals surface area contributed by atoms with Crippen molar-refractivity contribution in [2.45, 2.75) is 102 Å². The molecule has 0 aromatic rings. The van der Waals surface area contributed by atoms with E-state index in [0.717, 1.165) is 13.2 Å². The van der Waals surface area contributed by atoms with Gasteiger partial charge in [0.25, 0.3) is 0 Å². The quantitative estimate of drug-likeness (QED) is 0.391. The van der Waals surface area contributed by atoms with E-state index in [1.54, 1.807) is 0 Å². The number of epoxide rings is 2. The molecule has 2 aliphatic rings. The lowest BCUT2D eigenvalue weighted by atomic mass is 10.1. The first-order chi connectivity index (χ1) is 10.4. The maximum Gasteiger partial charge on any atom is 0.179 e. The monoisotopic (exact) mass is 358 g/mol. The molecule has 0 bridgehead atoms. The molecule has 0 saturated carbocycles. The van der Waals surface area contributed by atoms with Crippen LogP contribution in [0, 0.1) is 0 Å². The maximum absolute atomic E-state index is 7.06. The van der Waals surface area contributed by atoms with Crippen molar-refractivity contribution in [1.29, 1.82) is 0 Å². The molecule has 5 heteroatoms. The van der Waals surface area contributed by atoms with Gasteiger partial charge < -0.3 is 13.6 Å². The fourth-order valence-electron chi connectivity index (χ4n) is 3.03. The van der Waals surface area contributed by atoms with Crippen LogP contribution in [0.5, 0.6) is 0 Å². The van der Waals surface area contributed by atoms with Gasteiger partial charge in [0.2, 0.25) is 0 Å². The molecule has 0 spiro atoms. The summed E-state index contributed by atoms with van der Waals surface area (Å²) in [5.41, 5.74) is 0. The average Bonchev–Trinajstić information content (AvgIpc) is 3.25. The molecule has 0 aromatic heterocycles. The summed E-state index contributed by atoms with van der Waals surface area (Å²) in [5.74, 6) is 0. The molecule has 0 N–H and O–H groups in total. The molecule has 0 radical (unpaired) electrons. The third kappa shape index (κ3) is 5.14. The molecule has 2 saturated heterocycles. The van der Waals surface area contributed by atoms with Gasteiger partial charge in [0, 0.05) is 0 Å². The zero-order chi connectivity index (χ0) is 17.5. The van der Waals surface area contributed by atoms with Gasteiger partial charge in [-0.05, 0) is 61.9 Å². The first-order valence-electron chi connectivity index (χ1n) is 9.30. The van der Waals surface area contributed by atoms with E-state index in [9.17, 15) is 0 Å². The van der Waals surface area contributed by atoms with E-state index in [4.69, 9.17) is 13.6 Å². The molecule has 2 fully saturated rings. The highest BCUT2D eigenvalue weighted by molar-refractivity contribution is 6.87. The molecular formula is C18H38O3Si2. The van der Waals surface area contributed by atoms with E-state index in [1.807, 2.05) is 0 Å². The van der Waals surface area contributed by atoms with Crippen LogP contribution in [0.3, 0.4) is 0 Å².